The first-order valence-corrected chi connectivity index (χ1v) is 11.3. The molecule has 1 aromatic carbocycles. The van der Waals surface area contributed by atoms with Gasteiger partial charge in [0.2, 0.25) is 11.6 Å². The molecule has 1 aromatic rings. The molecule has 2 rings (SSSR count). The van der Waals surface area contributed by atoms with Crippen LogP contribution in [-0.4, -0.2) is 22.0 Å². The van der Waals surface area contributed by atoms with Crippen molar-refractivity contribution < 1.29 is 18.3 Å². The molecule has 1 radical (unpaired) electrons. The lowest BCUT2D eigenvalue weighted by Crippen LogP contribution is -2.24. The summed E-state index contributed by atoms with van der Waals surface area (Å²) in [5.74, 6) is -1.49. The van der Waals surface area contributed by atoms with Crippen molar-refractivity contribution in [2.75, 3.05) is 13.2 Å². The van der Waals surface area contributed by atoms with Crippen molar-refractivity contribution >= 4 is 8.80 Å². The number of halogens is 2. The number of hydrogen-bond acceptors (Lipinski definition) is 2. The molecule has 5 heteroatoms. The molecule has 0 atom stereocenters. The van der Waals surface area contributed by atoms with Gasteiger partial charge in [-0.25, -0.2) is 0 Å². The van der Waals surface area contributed by atoms with Crippen molar-refractivity contribution in [2.45, 2.75) is 64.1 Å². The molecule has 0 spiro atoms. The molecule has 0 amide bonds. The van der Waals surface area contributed by atoms with E-state index in [2.05, 4.69) is 6.92 Å². The van der Waals surface area contributed by atoms with Gasteiger partial charge in [0.25, 0.3) is 0 Å². The van der Waals surface area contributed by atoms with Crippen LogP contribution in [0, 0.1) is 17.6 Å². The van der Waals surface area contributed by atoms with E-state index in [1.807, 2.05) is 0 Å². The van der Waals surface area contributed by atoms with Gasteiger partial charge < -0.3 is 9.47 Å². The Balaban J connectivity index is 1.77. The number of ether oxygens (including phenoxy) is 2. The second-order valence-corrected chi connectivity index (χ2v) is 9.58. The Morgan fingerprint density at radius 1 is 1.00 bits per heavy atom. The van der Waals surface area contributed by atoms with Crippen LogP contribution in [-0.2, 0) is 0 Å². The van der Waals surface area contributed by atoms with Crippen LogP contribution in [0.2, 0.25) is 18.1 Å². The summed E-state index contributed by atoms with van der Waals surface area (Å²) in [4.78, 5) is 0. The summed E-state index contributed by atoms with van der Waals surface area (Å²) in [6.45, 7) is 4.77. The molecular weight excluding hydrogens is 326 g/mol. The van der Waals surface area contributed by atoms with Gasteiger partial charge in [-0.2, -0.15) is 8.78 Å². The van der Waals surface area contributed by atoms with E-state index in [1.54, 1.807) is 6.92 Å². The molecule has 0 aromatic heterocycles. The molecule has 2 nitrogen and oxygen atoms in total. The zero-order valence-corrected chi connectivity index (χ0v) is 15.9. The summed E-state index contributed by atoms with van der Waals surface area (Å²) in [5, 5.41) is 0. The van der Waals surface area contributed by atoms with Gasteiger partial charge in [0.05, 0.1) is 13.2 Å². The minimum atomic E-state index is -0.959. The lowest BCUT2D eigenvalue weighted by atomic mass is 10.0. The third-order valence-corrected chi connectivity index (χ3v) is 7.78. The fourth-order valence-electron chi connectivity index (χ4n) is 3.23. The van der Waals surface area contributed by atoms with E-state index < -0.39 is 11.6 Å². The first-order valence-electron chi connectivity index (χ1n) is 9.22. The zero-order valence-electron chi connectivity index (χ0n) is 14.9. The highest BCUT2D eigenvalue weighted by Gasteiger charge is 2.23. The van der Waals surface area contributed by atoms with Crippen LogP contribution in [0.15, 0.2) is 12.1 Å². The highest BCUT2D eigenvalue weighted by atomic mass is 28.3. The lowest BCUT2D eigenvalue weighted by Gasteiger charge is -2.27. The second kappa shape index (κ2) is 10.0. The normalized spacial score (nSPS) is 16.3. The number of rotatable bonds is 9. The van der Waals surface area contributed by atoms with Crippen LogP contribution in [0.4, 0.5) is 8.78 Å². The van der Waals surface area contributed by atoms with Crippen molar-refractivity contribution in [2.24, 2.45) is 5.92 Å². The molecule has 24 heavy (non-hydrogen) atoms. The number of hydrogen-bond donors (Lipinski definition) is 0. The number of benzene rings is 1. The molecule has 0 unspecified atom stereocenters. The van der Waals surface area contributed by atoms with E-state index >= 15 is 0 Å². The third kappa shape index (κ3) is 5.47. The fourth-order valence-corrected chi connectivity index (χ4v) is 6.36. The Labute approximate surface area is 146 Å². The molecule has 0 N–H and O–H groups in total. The highest BCUT2D eigenvalue weighted by Crippen LogP contribution is 2.31. The monoisotopic (exact) mass is 355 g/mol. The van der Waals surface area contributed by atoms with Crippen molar-refractivity contribution in [3.63, 3.8) is 0 Å². The Hall–Kier alpha value is -1.10. The third-order valence-electron chi connectivity index (χ3n) is 4.73. The van der Waals surface area contributed by atoms with Crippen molar-refractivity contribution in [1.82, 2.24) is 0 Å². The topological polar surface area (TPSA) is 18.5 Å². The van der Waals surface area contributed by atoms with Crippen molar-refractivity contribution in [1.29, 1.82) is 0 Å². The van der Waals surface area contributed by atoms with E-state index in [1.165, 1.54) is 62.4 Å². The lowest BCUT2D eigenvalue weighted by molar-refractivity contribution is 0.222. The van der Waals surface area contributed by atoms with Gasteiger partial charge in [0.15, 0.2) is 11.5 Å². The summed E-state index contributed by atoms with van der Waals surface area (Å²) in [5.41, 5.74) is 0. The van der Waals surface area contributed by atoms with E-state index in [4.69, 9.17) is 9.47 Å². The summed E-state index contributed by atoms with van der Waals surface area (Å²) in [6, 6.07) is 7.01. The SMILES string of the molecule is CCCCC[Si]1CCC(COc2ccc(OCC)c(F)c2F)CC1. The van der Waals surface area contributed by atoms with Gasteiger partial charge in [0.1, 0.15) is 0 Å². The van der Waals surface area contributed by atoms with Crippen LogP contribution in [0.1, 0.15) is 46.0 Å². The van der Waals surface area contributed by atoms with Gasteiger partial charge in [0, 0.05) is 8.80 Å². The van der Waals surface area contributed by atoms with Crippen LogP contribution >= 0.6 is 0 Å². The summed E-state index contributed by atoms with van der Waals surface area (Å²) in [7, 11) is -0.168. The van der Waals surface area contributed by atoms with Crippen LogP contribution in [0.25, 0.3) is 0 Å². The molecule has 0 bridgehead atoms. The first-order chi connectivity index (χ1) is 11.7. The van der Waals surface area contributed by atoms with Gasteiger partial charge in [-0.05, 0) is 37.8 Å². The van der Waals surface area contributed by atoms with E-state index in [0.717, 1.165) is 0 Å². The van der Waals surface area contributed by atoms with Crippen molar-refractivity contribution in [3.05, 3.63) is 23.8 Å². The largest absolute Gasteiger partial charge is 0.491 e. The summed E-state index contributed by atoms with van der Waals surface area (Å²) < 4.78 is 38.5. The Morgan fingerprint density at radius 2 is 1.62 bits per heavy atom. The molecule has 1 heterocycles. The van der Waals surface area contributed by atoms with Gasteiger partial charge in [-0.1, -0.05) is 44.3 Å². The van der Waals surface area contributed by atoms with E-state index in [-0.39, 0.29) is 20.3 Å². The summed E-state index contributed by atoms with van der Waals surface area (Å²) >= 11 is 0. The van der Waals surface area contributed by atoms with E-state index in [0.29, 0.717) is 19.1 Å². The molecule has 1 fully saturated rings. The maximum atomic E-state index is 14.0. The Morgan fingerprint density at radius 3 is 2.21 bits per heavy atom. The van der Waals surface area contributed by atoms with E-state index in [9.17, 15) is 8.78 Å². The predicted octanol–water partition coefficient (Wildman–Crippen LogP) is 5.84. The average Bonchev–Trinajstić information content (AvgIpc) is 2.60. The van der Waals surface area contributed by atoms with Crippen molar-refractivity contribution in [3.8, 4) is 11.5 Å². The molecule has 1 aliphatic rings. The van der Waals surface area contributed by atoms with Gasteiger partial charge >= 0.3 is 0 Å². The summed E-state index contributed by atoms with van der Waals surface area (Å²) in [6.07, 6.45) is 6.35. The standard InChI is InChI=1S/C19H29F2O2Si/c1-3-5-6-11-24-12-9-15(10-13-24)14-23-17-8-7-16(22-4-2)18(20)19(17)21/h7-8,15H,3-6,9-14H2,1-2H3. The van der Waals surface area contributed by atoms with Crippen LogP contribution < -0.4 is 9.47 Å². The molecule has 0 saturated carbocycles. The second-order valence-electron chi connectivity index (χ2n) is 6.58. The van der Waals surface area contributed by atoms with Crippen LogP contribution in [0.5, 0.6) is 11.5 Å². The molecule has 135 valence electrons. The minimum absolute atomic E-state index is 0.00463. The average molecular weight is 356 g/mol. The smallest absolute Gasteiger partial charge is 0.204 e. The predicted molar refractivity (Wildman–Crippen MR) is 95.4 cm³/mol. The fraction of sp³-hybridized carbons (Fsp3) is 0.684. The zero-order chi connectivity index (χ0) is 17.4. The molecular formula is C19H29F2O2Si. The maximum Gasteiger partial charge on any atom is 0.204 e. The maximum absolute atomic E-state index is 14.0. The quantitative estimate of drug-likeness (QED) is 0.409. The molecule has 0 aliphatic carbocycles. The van der Waals surface area contributed by atoms with Gasteiger partial charge in [-0.3, -0.25) is 0 Å². The molecule has 1 saturated heterocycles. The Kier molecular flexibility index (Phi) is 8.02. The minimum Gasteiger partial charge on any atom is -0.491 e. The molecule has 1 aliphatic heterocycles. The Bertz CT molecular complexity index is 502. The highest BCUT2D eigenvalue weighted by molar-refractivity contribution is 6.58. The first kappa shape index (κ1) is 19.2. The van der Waals surface area contributed by atoms with Crippen LogP contribution in [0.3, 0.4) is 0 Å². The number of unbranched alkanes of at least 4 members (excludes halogenated alkanes) is 2. The van der Waals surface area contributed by atoms with Gasteiger partial charge in [-0.15, -0.1) is 0 Å².